The Hall–Kier alpha value is -4.39. The summed E-state index contributed by atoms with van der Waals surface area (Å²) in [6.07, 6.45) is 2.46. The third kappa shape index (κ3) is 6.57. The van der Waals surface area contributed by atoms with Crippen molar-refractivity contribution in [2.24, 2.45) is 0 Å². The standard InChI is InChI=1S/C28H26N2O5/c1-34-28(33)25-18-21-10-13-22(14-11-21)35-23-9-5-8-20(16-23)12-15-26(31)29-24(27(32)30-25)17-19-6-3-2-4-7-19/h2-11,13-14,16,18,24H,12,15,17H2,1H3,(H,29,31)(H,30,32)/b25-18-/t24-/m0/s1. The topological polar surface area (TPSA) is 93.7 Å². The van der Waals surface area contributed by atoms with Gasteiger partial charge in [0.2, 0.25) is 11.8 Å². The Bertz CT molecular complexity index is 1240. The quantitative estimate of drug-likeness (QED) is 0.568. The number of hydrogen-bond acceptors (Lipinski definition) is 5. The van der Waals surface area contributed by atoms with Gasteiger partial charge in [-0.2, -0.15) is 0 Å². The highest BCUT2D eigenvalue weighted by Gasteiger charge is 2.24. The monoisotopic (exact) mass is 470 g/mol. The molecule has 2 aliphatic heterocycles. The fourth-order valence-corrected chi connectivity index (χ4v) is 3.76. The third-order valence-electron chi connectivity index (χ3n) is 5.56. The summed E-state index contributed by atoms with van der Waals surface area (Å²) >= 11 is 0. The lowest BCUT2D eigenvalue weighted by Crippen LogP contribution is -2.48. The molecule has 0 saturated heterocycles. The van der Waals surface area contributed by atoms with E-state index in [0.717, 1.165) is 11.1 Å². The van der Waals surface area contributed by atoms with Crippen molar-refractivity contribution >= 4 is 23.9 Å². The number of fused-ring (bicyclic) bond motifs is 9. The predicted molar refractivity (Wildman–Crippen MR) is 131 cm³/mol. The number of rotatable bonds is 3. The molecule has 0 saturated carbocycles. The Kier molecular flexibility index (Phi) is 7.57. The second-order valence-electron chi connectivity index (χ2n) is 8.17. The van der Waals surface area contributed by atoms with Crippen molar-refractivity contribution in [1.82, 2.24) is 10.6 Å². The summed E-state index contributed by atoms with van der Waals surface area (Å²) in [5.41, 5.74) is 2.45. The van der Waals surface area contributed by atoms with E-state index in [9.17, 15) is 14.4 Å². The van der Waals surface area contributed by atoms with Gasteiger partial charge in [0.25, 0.3) is 0 Å². The van der Waals surface area contributed by atoms with Gasteiger partial charge < -0.3 is 20.1 Å². The van der Waals surface area contributed by atoms with Crippen molar-refractivity contribution in [3.05, 3.63) is 101 Å². The molecule has 4 bridgehead atoms. The minimum Gasteiger partial charge on any atom is -0.464 e. The first-order chi connectivity index (χ1) is 17.0. The number of benzene rings is 3. The van der Waals surface area contributed by atoms with Crippen LogP contribution in [0.25, 0.3) is 6.08 Å². The smallest absolute Gasteiger partial charge is 0.354 e. The van der Waals surface area contributed by atoms with Gasteiger partial charge in [0.05, 0.1) is 7.11 Å². The molecule has 3 aromatic carbocycles. The van der Waals surface area contributed by atoms with Crippen LogP contribution in [0.15, 0.2) is 84.6 Å². The molecule has 0 radical (unpaired) electrons. The molecule has 2 amide bonds. The molecule has 0 aliphatic carbocycles. The molecular formula is C28H26N2O5. The van der Waals surface area contributed by atoms with Gasteiger partial charge in [0.1, 0.15) is 23.2 Å². The number of methoxy groups -OCH3 is 1. The van der Waals surface area contributed by atoms with E-state index in [0.29, 0.717) is 23.5 Å². The third-order valence-corrected chi connectivity index (χ3v) is 5.56. The normalized spacial score (nSPS) is 17.7. The maximum Gasteiger partial charge on any atom is 0.354 e. The summed E-state index contributed by atoms with van der Waals surface area (Å²) in [5, 5.41) is 5.47. The van der Waals surface area contributed by atoms with Crippen LogP contribution < -0.4 is 15.4 Å². The molecule has 7 heteroatoms. The van der Waals surface area contributed by atoms with Crippen LogP contribution in [0, 0.1) is 0 Å². The van der Waals surface area contributed by atoms with Gasteiger partial charge in [-0.25, -0.2) is 4.79 Å². The highest BCUT2D eigenvalue weighted by molar-refractivity contribution is 6.00. The average molecular weight is 471 g/mol. The lowest BCUT2D eigenvalue weighted by molar-refractivity contribution is -0.138. The molecule has 0 fully saturated rings. The molecule has 3 aromatic rings. The van der Waals surface area contributed by atoms with Crippen molar-refractivity contribution in [2.45, 2.75) is 25.3 Å². The van der Waals surface area contributed by atoms with Crippen molar-refractivity contribution in [3.8, 4) is 11.5 Å². The Morgan fingerprint density at radius 2 is 1.71 bits per heavy atom. The number of nitrogens with one attached hydrogen (secondary N) is 2. The number of hydrogen-bond donors (Lipinski definition) is 2. The van der Waals surface area contributed by atoms with Crippen LogP contribution in [-0.4, -0.2) is 30.9 Å². The Morgan fingerprint density at radius 1 is 0.943 bits per heavy atom. The number of amides is 2. The number of carbonyl (C=O) groups excluding carboxylic acids is 3. The van der Waals surface area contributed by atoms with E-state index in [1.54, 1.807) is 24.3 Å². The van der Waals surface area contributed by atoms with E-state index in [2.05, 4.69) is 10.6 Å². The largest absolute Gasteiger partial charge is 0.464 e. The Morgan fingerprint density at radius 3 is 2.46 bits per heavy atom. The second-order valence-corrected chi connectivity index (χ2v) is 8.17. The maximum absolute atomic E-state index is 13.2. The molecule has 5 rings (SSSR count). The summed E-state index contributed by atoms with van der Waals surface area (Å²) in [7, 11) is 1.24. The van der Waals surface area contributed by atoms with E-state index in [1.165, 1.54) is 13.2 Å². The minimum absolute atomic E-state index is 0.0329. The molecule has 7 nitrogen and oxygen atoms in total. The number of ether oxygens (including phenoxy) is 2. The van der Waals surface area contributed by atoms with E-state index in [4.69, 9.17) is 9.47 Å². The van der Waals surface area contributed by atoms with Gasteiger partial charge in [-0.15, -0.1) is 0 Å². The van der Waals surface area contributed by atoms with E-state index < -0.39 is 17.9 Å². The van der Waals surface area contributed by atoms with Crippen LogP contribution in [-0.2, 0) is 32.0 Å². The highest BCUT2D eigenvalue weighted by Crippen LogP contribution is 2.24. The fourth-order valence-electron chi connectivity index (χ4n) is 3.76. The van der Waals surface area contributed by atoms with Gasteiger partial charge >= 0.3 is 5.97 Å². The van der Waals surface area contributed by atoms with Crippen LogP contribution in [0.4, 0.5) is 0 Å². The van der Waals surface area contributed by atoms with Crippen LogP contribution in [0.1, 0.15) is 23.1 Å². The fraction of sp³-hybridized carbons (Fsp3) is 0.179. The summed E-state index contributed by atoms with van der Waals surface area (Å²) in [5.74, 6) is -0.201. The van der Waals surface area contributed by atoms with Crippen LogP contribution in [0.2, 0.25) is 0 Å². The molecule has 2 N–H and O–H groups in total. The van der Waals surface area contributed by atoms with Crippen molar-refractivity contribution in [1.29, 1.82) is 0 Å². The summed E-state index contributed by atoms with van der Waals surface area (Å²) in [6.45, 7) is 0. The summed E-state index contributed by atoms with van der Waals surface area (Å²) < 4.78 is 10.8. The molecule has 0 spiro atoms. The van der Waals surface area contributed by atoms with Gasteiger partial charge in [-0.1, -0.05) is 54.6 Å². The molecule has 35 heavy (non-hydrogen) atoms. The first kappa shape index (κ1) is 23.8. The zero-order chi connectivity index (χ0) is 24.6. The zero-order valence-corrected chi connectivity index (χ0v) is 19.3. The van der Waals surface area contributed by atoms with Gasteiger partial charge in [0.15, 0.2) is 0 Å². The van der Waals surface area contributed by atoms with Crippen molar-refractivity contribution < 1.29 is 23.9 Å². The number of esters is 1. The zero-order valence-electron chi connectivity index (χ0n) is 19.3. The number of carbonyl (C=O) groups is 3. The molecule has 1 atom stereocenters. The van der Waals surface area contributed by atoms with E-state index in [1.807, 2.05) is 54.6 Å². The maximum atomic E-state index is 13.2. The predicted octanol–water partition coefficient (Wildman–Crippen LogP) is 3.78. The lowest BCUT2D eigenvalue weighted by atomic mass is 10.0. The second kappa shape index (κ2) is 11.2. The van der Waals surface area contributed by atoms with Crippen LogP contribution in [0.3, 0.4) is 0 Å². The highest BCUT2D eigenvalue weighted by atomic mass is 16.5. The molecular weight excluding hydrogens is 444 g/mol. The first-order valence-corrected chi connectivity index (χ1v) is 11.3. The van der Waals surface area contributed by atoms with Gasteiger partial charge in [-0.3, -0.25) is 9.59 Å². The summed E-state index contributed by atoms with van der Waals surface area (Å²) in [4.78, 5) is 38.5. The molecule has 2 aliphatic rings. The van der Waals surface area contributed by atoms with Crippen LogP contribution in [0.5, 0.6) is 11.5 Å². The number of aryl methyl sites for hydroxylation is 1. The molecule has 2 heterocycles. The average Bonchev–Trinajstić information content (AvgIpc) is 2.88. The van der Waals surface area contributed by atoms with Gasteiger partial charge in [0, 0.05) is 12.8 Å². The SMILES string of the molecule is COC(=O)/C1=C/c2ccc(cc2)Oc2cccc(c2)CCC(=O)N[C@@H](Cc2ccccc2)C(=O)N1. The Balaban J connectivity index is 1.69. The van der Waals surface area contributed by atoms with Crippen molar-refractivity contribution in [2.75, 3.05) is 7.11 Å². The van der Waals surface area contributed by atoms with E-state index >= 15 is 0 Å². The van der Waals surface area contributed by atoms with Crippen LogP contribution >= 0.6 is 0 Å². The van der Waals surface area contributed by atoms with Crippen molar-refractivity contribution in [3.63, 3.8) is 0 Å². The summed E-state index contributed by atoms with van der Waals surface area (Å²) in [6, 6.07) is 23.1. The first-order valence-electron chi connectivity index (χ1n) is 11.3. The van der Waals surface area contributed by atoms with E-state index in [-0.39, 0.29) is 24.4 Å². The lowest BCUT2D eigenvalue weighted by Gasteiger charge is -2.19. The Labute approximate surface area is 203 Å². The van der Waals surface area contributed by atoms with Gasteiger partial charge in [-0.05, 0) is 53.5 Å². The molecule has 178 valence electrons. The minimum atomic E-state index is -0.884. The molecule has 0 unspecified atom stereocenters. The molecule has 0 aromatic heterocycles.